The van der Waals surface area contributed by atoms with Crippen LogP contribution >= 0.6 is 0 Å². The molecule has 0 amide bonds. The molecule has 2 aliphatic carbocycles. The fourth-order valence-electron chi connectivity index (χ4n) is 6.80. The van der Waals surface area contributed by atoms with Gasteiger partial charge in [-0.3, -0.25) is 9.59 Å². The minimum atomic E-state index is -1.77. The van der Waals surface area contributed by atoms with Crippen molar-refractivity contribution in [3.63, 3.8) is 0 Å². The highest BCUT2D eigenvalue weighted by Crippen LogP contribution is 2.57. The zero-order chi connectivity index (χ0) is 31.2. The summed E-state index contributed by atoms with van der Waals surface area (Å²) in [6.45, 7) is -1.80. The molecule has 7 rings (SSSR count). The standard InChI is InChI=1S/C29H30N4O11/c34-7-10(8-35)31-33-27(42)19-17-13-6-11(37)4-5-14(13)30-21(17)23-18(20(19)28(33)43)12-2-1-3-15(38)22(12)32(23)29-26(41)25(40)24(39)16(9-36)44-29/h1-5,10,16,22,24-26,29-31,34-36,39-43H,6-9H2. The van der Waals surface area contributed by atoms with Crippen molar-refractivity contribution in [1.82, 2.24) is 9.66 Å². The van der Waals surface area contributed by atoms with Gasteiger partial charge in [0.1, 0.15) is 30.5 Å². The maximum atomic E-state index is 13.6. The number of aromatic hydroxyl groups is 2. The van der Waals surface area contributed by atoms with Crippen molar-refractivity contribution in [2.45, 2.75) is 49.1 Å². The van der Waals surface area contributed by atoms with Gasteiger partial charge in [-0.25, -0.2) is 0 Å². The minimum absolute atomic E-state index is 0.0578. The van der Waals surface area contributed by atoms with Gasteiger partial charge in [0.05, 0.1) is 47.8 Å². The molecule has 1 aromatic carbocycles. The number of rotatable bonds is 6. The molecular weight excluding hydrogens is 580 g/mol. The largest absolute Gasteiger partial charge is 0.493 e. The molecule has 0 saturated carbocycles. The van der Waals surface area contributed by atoms with Crippen LogP contribution < -0.4 is 10.3 Å². The number of ether oxygens (including phenoxy) is 1. The van der Waals surface area contributed by atoms with E-state index in [2.05, 4.69) is 10.4 Å². The molecule has 3 aromatic rings. The predicted octanol–water partition coefficient (Wildman–Crippen LogP) is -1.92. The van der Waals surface area contributed by atoms with Gasteiger partial charge in [-0.2, -0.15) is 4.68 Å². The maximum absolute atomic E-state index is 13.6. The van der Waals surface area contributed by atoms with Crippen molar-refractivity contribution >= 4 is 50.6 Å². The smallest absolute Gasteiger partial charge is 0.222 e. The molecule has 15 heteroatoms. The number of aromatic amines is 1. The fraction of sp³-hybridized carbons (Fsp3) is 0.379. The third-order valence-electron chi connectivity index (χ3n) is 8.84. The van der Waals surface area contributed by atoms with Crippen LogP contribution in [-0.2, 0) is 20.7 Å². The summed E-state index contributed by atoms with van der Waals surface area (Å²) in [7, 11) is 0. The van der Waals surface area contributed by atoms with Crippen molar-refractivity contribution in [3.05, 3.63) is 41.1 Å². The molecule has 4 aliphatic rings. The summed E-state index contributed by atoms with van der Waals surface area (Å²) >= 11 is 0. The first-order valence-electron chi connectivity index (χ1n) is 14.0. The number of hydrogen-bond acceptors (Lipinski definition) is 13. The second kappa shape index (κ2) is 10.2. The first-order chi connectivity index (χ1) is 21.1. The van der Waals surface area contributed by atoms with Crippen molar-refractivity contribution in [1.29, 1.82) is 0 Å². The van der Waals surface area contributed by atoms with Gasteiger partial charge in [0.25, 0.3) is 0 Å². The Morgan fingerprint density at radius 3 is 2.39 bits per heavy atom. The van der Waals surface area contributed by atoms with Crippen molar-refractivity contribution in [3.8, 4) is 11.8 Å². The van der Waals surface area contributed by atoms with Gasteiger partial charge in [0.2, 0.25) is 11.8 Å². The monoisotopic (exact) mass is 610 g/mol. The molecule has 0 spiro atoms. The van der Waals surface area contributed by atoms with Crippen LogP contribution in [0.25, 0.3) is 33.3 Å². The van der Waals surface area contributed by atoms with E-state index in [9.17, 15) is 50.4 Å². The van der Waals surface area contributed by atoms with Crippen LogP contribution in [0.15, 0.2) is 24.3 Å². The number of aliphatic hydroxyl groups excluding tert-OH is 6. The molecule has 2 aromatic heterocycles. The quantitative estimate of drug-likeness (QED) is 0.147. The number of benzene rings is 1. The summed E-state index contributed by atoms with van der Waals surface area (Å²) in [6.07, 6.45) is -0.649. The van der Waals surface area contributed by atoms with E-state index in [-0.39, 0.29) is 34.2 Å². The number of hydrogen-bond donors (Lipinski definition) is 10. The first-order valence-corrected chi connectivity index (χ1v) is 14.0. The average Bonchev–Trinajstić information content (AvgIpc) is 3.63. The number of aliphatic hydroxyl groups is 6. The number of carbonyl (C=O) groups excluding carboxylic acids is 2. The molecule has 1 saturated heterocycles. The van der Waals surface area contributed by atoms with E-state index in [4.69, 9.17) is 4.74 Å². The van der Waals surface area contributed by atoms with Crippen LogP contribution in [0.4, 0.5) is 5.69 Å². The molecule has 15 nitrogen and oxygen atoms in total. The number of aromatic nitrogens is 2. The second-order valence-corrected chi connectivity index (χ2v) is 11.3. The van der Waals surface area contributed by atoms with Gasteiger partial charge in [-0.05, 0) is 29.4 Å². The third-order valence-corrected chi connectivity index (χ3v) is 8.84. The highest BCUT2D eigenvalue weighted by atomic mass is 16.6. The lowest BCUT2D eigenvalue weighted by Gasteiger charge is -2.46. The lowest BCUT2D eigenvalue weighted by molar-refractivity contribution is -0.229. The van der Waals surface area contributed by atoms with E-state index in [1.165, 1.54) is 23.1 Å². The van der Waals surface area contributed by atoms with Crippen LogP contribution in [-0.4, -0.2) is 125 Å². The Morgan fingerprint density at radius 1 is 0.955 bits per heavy atom. The van der Waals surface area contributed by atoms with Crippen molar-refractivity contribution in [2.24, 2.45) is 0 Å². The summed E-state index contributed by atoms with van der Waals surface area (Å²) in [5.41, 5.74) is 4.84. The highest BCUT2D eigenvalue weighted by Gasteiger charge is 2.53. The normalized spacial score (nSPS) is 27.8. The molecule has 4 heterocycles. The van der Waals surface area contributed by atoms with Gasteiger partial charge in [-0.15, -0.1) is 0 Å². The Labute approximate surface area is 247 Å². The van der Waals surface area contributed by atoms with E-state index >= 15 is 0 Å². The van der Waals surface area contributed by atoms with Gasteiger partial charge >= 0.3 is 0 Å². The van der Waals surface area contributed by atoms with Gasteiger partial charge in [0.15, 0.2) is 17.8 Å². The minimum Gasteiger partial charge on any atom is -0.493 e. The molecule has 1 fully saturated rings. The summed E-state index contributed by atoms with van der Waals surface area (Å²) in [5.74, 6) is -1.70. The lowest BCUT2D eigenvalue weighted by Crippen LogP contribution is -2.65. The van der Waals surface area contributed by atoms with Crippen LogP contribution in [0.2, 0.25) is 0 Å². The van der Waals surface area contributed by atoms with Gasteiger partial charge in [-0.1, -0.05) is 12.2 Å². The average molecular weight is 611 g/mol. The first kappa shape index (κ1) is 28.5. The number of anilines is 1. The molecule has 44 heavy (non-hydrogen) atoms. The summed E-state index contributed by atoms with van der Waals surface area (Å²) in [4.78, 5) is 30.8. The van der Waals surface area contributed by atoms with E-state index in [1.54, 1.807) is 12.2 Å². The zero-order valence-corrected chi connectivity index (χ0v) is 23.0. The number of nitrogens with one attached hydrogen (secondary N) is 2. The highest BCUT2D eigenvalue weighted by molar-refractivity contribution is 6.28. The Morgan fingerprint density at radius 2 is 1.68 bits per heavy atom. The topological polar surface area (TPSA) is 241 Å². The molecule has 2 aliphatic heterocycles. The fourth-order valence-corrected chi connectivity index (χ4v) is 6.80. The number of nitrogens with zero attached hydrogens (tertiary/aromatic N) is 2. The molecule has 6 atom stereocenters. The Balaban J connectivity index is 1.60. The van der Waals surface area contributed by atoms with Crippen LogP contribution in [0.3, 0.4) is 0 Å². The molecular formula is C29H30N4O11. The summed E-state index contributed by atoms with van der Waals surface area (Å²) in [6, 6.07) is -2.15. The molecule has 0 bridgehead atoms. The van der Waals surface area contributed by atoms with Crippen LogP contribution in [0.5, 0.6) is 11.8 Å². The zero-order valence-electron chi connectivity index (χ0n) is 23.0. The van der Waals surface area contributed by atoms with Crippen molar-refractivity contribution < 1.29 is 55.2 Å². The SMILES string of the molecule is O=C1C=Cc2[nH]c3c4c(c5c(O)n(NC(CO)CO)c(O)c5c3c2C1)C1=CC=CC(=O)C1N4C1OC(CO)C(O)C(O)C1O. The number of allylic oxidation sites excluding steroid dienone is 3. The van der Waals surface area contributed by atoms with Crippen LogP contribution in [0, 0.1) is 0 Å². The Bertz CT molecular complexity index is 1810. The number of fused-ring (bicyclic) bond motifs is 10. The molecule has 232 valence electrons. The summed E-state index contributed by atoms with van der Waals surface area (Å²) < 4.78 is 6.83. The van der Waals surface area contributed by atoms with E-state index in [0.29, 0.717) is 27.7 Å². The predicted molar refractivity (Wildman–Crippen MR) is 154 cm³/mol. The third kappa shape index (κ3) is 3.75. The van der Waals surface area contributed by atoms with Gasteiger partial charge in [0, 0.05) is 23.1 Å². The molecule has 0 radical (unpaired) electrons. The number of ketones is 2. The maximum Gasteiger partial charge on any atom is 0.222 e. The van der Waals surface area contributed by atoms with E-state index < -0.39 is 80.1 Å². The summed E-state index contributed by atoms with van der Waals surface area (Å²) in [5, 5.41) is 85.3. The van der Waals surface area contributed by atoms with Crippen LogP contribution in [0.1, 0.15) is 16.8 Å². The van der Waals surface area contributed by atoms with E-state index in [0.717, 1.165) is 4.68 Å². The lowest BCUT2D eigenvalue weighted by atomic mass is 9.90. The second-order valence-electron chi connectivity index (χ2n) is 11.3. The Hall–Kier alpha value is -4.22. The number of carbonyl (C=O) groups is 2. The molecule has 10 N–H and O–H groups in total. The number of H-pyrrole nitrogens is 1. The Kier molecular flexibility index (Phi) is 6.60. The van der Waals surface area contributed by atoms with Crippen molar-refractivity contribution in [2.75, 3.05) is 30.1 Å². The molecule has 6 unspecified atom stereocenters. The van der Waals surface area contributed by atoms with Gasteiger partial charge < -0.3 is 60.9 Å². The van der Waals surface area contributed by atoms with E-state index in [1.807, 2.05) is 0 Å².